The normalized spacial score (nSPS) is 16.4. The van der Waals surface area contributed by atoms with Gasteiger partial charge in [0.25, 0.3) is 0 Å². The van der Waals surface area contributed by atoms with E-state index in [0.717, 1.165) is 88.3 Å². The van der Waals surface area contributed by atoms with Gasteiger partial charge >= 0.3 is 12.1 Å². The smallest absolute Gasteiger partial charge is 0.406 e. The number of fused-ring (bicyclic) bond motifs is 1. The van der Waals surface area contributed by atoms with Gasteiger partial charge in [0.1, 0.15) is 10.8 Å². The van der Waals surface area contributed by atoms with Crippen molar-refractivity contribution in [1.82, 2.24) is 14.5 Å². The molecule has 1 amide bonds. The van der Waals surface area contributed by atoms with E-state index in [0.29, 0.717) is 17.3 Å². The van der Waals surface area contributed by atoms with Crippen LogP contribution in [0.2, 0.25) is 0 Å². The average molecular weight is 527 g/mol. The first-order valence-corrected chi connectivity index (χ1v) is 13.0. The highest BCUT2D eigenvalue weighted by Gasteiger charge is 2.31. The molecule has 36 heavy (non-hydrogen) atoms. The van der Waals surface area contributed by atoms with Crippen molar-refractivity contribution in [3.63, 3.8) is 0 Å². The highest BCUT2D eigenvalue weighted by Crippen LogP contribution is 2.29. The molecule has 1 aromatic carbocycles. The van der Waals surface area contributed by atoms with Crippen LogP contribution in [0.4, 0.5) is 18.9 Å². The number of halogens is 3. The minimum atomic E-state index is -4.77. The van der Waals surface area contributed by atoms with E-state index in [1.807, 2.05) is 0 Å². The van der Waals surface area contributed by atoms with Crippen molar-refractivity contribution in [1.29, 1.82) is 0 Å². The predicted molar refractivity (Wildman–Crippen MR) is 129 cm³/mol. The zero-order valence-electron chi connectivity index (χ0n) is 19.8. The number of benzene rings is 1. The lowest BCUT2D eigenvalue weighted by Crippen LogP contribution is -2.38. The number of morpholine rings is 1. The lowest BCUT2D eigenvalue weighted by atomic mass is 9.97. The topological polar surface area (TPSA) is 85.7 Å². The zero-order valence-corrected chi connectivity index (χ0v) is 20.6. The number of carbonyl (C=O) groups is 1. The Balaban J connectivity index is 1.36. The molecule has 4 rings (SSSR count). The Kier molecular flexibility index (Phi) is 8.91. The second-order valence-corrected chi connectivity index (χ2v) is 9.66. The first kappa shape index (κ1) is 26.5. The number of anilines is 1. The van der Waals surface area contributed by atoms with Crippen molar-refractivity contribution in [3.05, 3.63) is 46.0 Å². The summed E-state index contributed by atoms with van der Waals surface area (Å²) in [4.78, 5) is 32.0. The fraction of sp³-hybridized carbons (Fsp3) is 0.542. The van der Waals surface area contributed by atoms with Crippen molar-refractivity contribution < 1.29 is 27.4 Å². The molecule has 12 heteroatoms. The summed E-state index contributed by atoms with van der Waals surface area (Å²) in [6, 6.07) is 4.93. The van der Waals surface area contributed by atoms with Gasteiger partial charge in [-0.15, -0.1) is 13.2 Å². The molecule has 2 aliphatic rings. The zero-order chi connectivity index (χ0) is 25.5. The number of nitrogens with one attached hydrogen (secondary N) is 1. The number of alkyl halides is 3. The van der Waals surface area contributed by atoms with Crippen LogP contribution < -0.4 is 15.7 Å². The van der Waals surface area contributed by atoms with Crippen molar-refractivity contribution in [2.75, 3.05) is 43.9 Å². The molecule has 2 heterocycles. The molecule has 0 spiro atoms. The Hall–Kier alpha value is -2.57. The molecule has 0 atom stereocenters. The summed E-state index contributed by atoms with van der Waals surface area (Å²) in [5, 5.41) is 3.23. The average Bonchev–Trinajstić information content (AvgIpc) is 2.85. The molecule has 0 saturated carbocycles. The van der Waals surface area contributed by atoms with E-state index in [4.69, 9.17) is 4.74 Å². The van der Waals surface area contributed by atoms with Gasteiger partial charge in [-0.1, -0.05) is 11.8 Å². The fourth-order valence-corrected chi connectivity index (χ4v) is 5.32. The van der Waals surface area contributed by atoms with Crippen LogP contribution in [0.5, 0.6) is 5.75 Å². The lowest BCUT2D eigenvalue weighted by molar-refractivity contribution is -0.274. The number of hydrogen-bond acceptors (Lipinski definition) is 7. The molecule has 0 bridgehead atoms. The molecule has 1 N–H and O–H groups in total. The van der Waals surface area contributed by atoms with Gasteiger partial charge in [0.2, 0.25) is 5.91 Å². The Morgan fingerprint density at radius 3 is 2.56 bits per heavy atom. The number of aromatic nitrogens is 2. The maximum Gasteiger partial charge on any atom is 0.573 e. The standard InChI is InChI=1S/C24H29F3N4O4S/c25-24(26,27)35-18-8-6-17(7-9-18)28-21(32)16-36-22-19-4-1-2-5-20(19)31(23(33)29-22)11-3-10-30-12-14-34-15-13-30/h6-9H,1-5,10-16H2,(H,28,32). The van der Waals surface area contributed by atoms with E-state index < -0.39 is 6.36 Å². The third-order valence-electron chi connectivity index (χ3n) is 6.12. The van der Waals surface area contributed by atoms with E-state index in [1.165, 1.54) is 23.9 Å². The van der Waals surface area contributed by atoms with E-state index in [1.54, 1.807) is 4.57 Å². The van der Waals surface area contributed by atoms with Crippen molar-refractivity contribution in [2.45, 2.75) is 50.0 Å². The molecular formula is C24H29F3N4O4S. The Morgan fingerprint density at radius 1 is 1.11 bits per heavy atom. The Morgan fingerprint density at radius 2 is 1.83 bits per heavy atom. The first-order chi connectivity index (χ1) is 17.3. The van der Waals surface area contributed by atoms with Gasteiger partial charge in [0.15, 0.2) is 0 Å². The third kappa shape index (κ3) is 7.47. The summed E-state index contributed by atoms with van der Waals surface area (Å²) in [6.07, 6.45) is -0.265. The fourth-order valence-electron chi connectivity index (χ4n) is 4.45. The van der Waals surface area contributed by atoms with E-state index in [9.17, 15) is 22.8 Å². The van der Waals surface area contributed by atoms with Gasteiger partial charge in [-0.25, -0.2) is 4.79 Å². The van der Waals surface area contributed by atoms with Gasteiger partial charge in [-0.3, -0.25) is 14.3 Å². The molecule has 196 valence electrons. The van der Waals surface area contributed by atoms with Crippen molar-refractivity contribution >= 4 is 23.4 Å². The van der Waals surface area contributed by atoms with Crippen LogP contribution in [0.25, 0.3) is 0 Å². The van der Waals surface area contributed by atoms with E-state index in [-0.39, 0.29) is 23.1 Å². The molecular weight excluding hydrogens is 497 g/mol. The third-order valence-corrected chi connectivity index (χ3v) is 7.14. The second-order valence-electron chi connectivity index (χ2n) is 8.70. The monoisotopic (exact) mass is 526 g/mol. The van der Waals surface area contributed by atoms with Crippen molar-refractivity contribution in [2.24, 2.45) is 0 Å². The Labute approximate surface area is 211 Å². The maximum absolute atomic E-state index is 12.9. The molecule has 1 aromatic heterocycles. The summed E-state index contributed by atoms with van der Waals surface area (Å²) in [6.45, 7) is 4.83. The van der Waals surface area contributed by atoms with Crippen LogP contribution >= 0.6 is 11.8 Å². The van der Waals surface area contributed by atoms with Crippen LogP contribution in [0.3, 0.4) is 0 Å². The number of nitrogens with zero attached hydrogens (tertiary/aromatic N) is 3. The van der Waals surface area contributed by atoms with E-state index >= 15 is 0 Å². The number of carbonyl (C=O) groups excluding carboxylic acids is 1. The predicted octanol–water partition coefficient (Wildman–Crippen LogP) is 3.47. The van der Waals surface area contributed by atoms with E-state index in [2.05, 4.69) is 19.9 Å². The van der Waals surface area contributed by atoms with Crippen LogP contribution in [-0.2, 0) is 28.9 Å². The maximum atomic E-state index is 12.9. The minimum absolute atomic E-state index is 0.0285. The number of hydrogen-bond donors (Lipinski definition) is 1. The second kappa shape index (κ2) is 12.1. The SMILES string of the molecule is O=C(CSc1nc(=O)n(CCCN2CCOCC2)c2c1CCCC2)Nc1ccc(OC(F)(F)F)cc1. The number of ether oxygens (including phenoxy) is 2. The molecule has 0 unspecified atom stereocenters. The summed E-state index contributed by atoms with van der Waals surface area (Å²) in [5.74, 6) is -0.678. The van der Waals surface area contributed by atoms with Crippen molar-refractivity contribution in [3.8, 4) is 5.75 Å². The largest absolute Gasteiger partial charge is 0.573 e. The van der Waals surface area contributed by atoms with Gasteiger partial charge in [-0.05, 0) is 56.4 Å². The number of amides is 1. The van der Waals surface area contributed by atoms with Gasteiger partial charge in [0, 0.05) is 43.1 Å². The highest BCUT2D eigenvalue weighted by molar-refractivity contribution is 8.00. The number of thioether (sulfide) groups is 1. The lowest BCUT2D eigenvalue weighted by Gasteiger charge is -2.27. The van der Waals surface area contributed by atoms with Crippen LogP contribution in [-0.4, -0.2) is 65.3 Å². The van der Waals surface area contributed by atoms with Gasteiger partial charge < -0.3 is 14.8 Å². The molecule has 1 aliphatic carbocycles. The van der Waals surface area contributed by atoms with Crippen LogP contribution in [0, 0.1) is 0 Å². The molecule has 1 fully saturated rings. The summed E-state index contributed by atoms with van der Waals surface area (Å²) < 4.78 is 47.9. The van der Waals surface area contributed by atoms with Gasteiger partial charge in [-0.2, -0.15) is 4.98 Å². The van der Waals surface area contributed by atoms with Crippen LogP contribution in [0.15, 0.2) is 34.1 Å². The molecule has 8 nitrogen and oxygen atoms in total. The highest BCUT2D eigenvalue weighted by atomic mass is 32.2. The van der Waals surface area contributed by atoms with Gasteiger partial charge in [0.05, 0.1) is 19.0 Å². The summed E-state index contributed by atoms with van der Waals surface area (Å²) in [5.41, 5.74) is 2.12. The molecule has 2 aromatic rings. The number of rotatable bonds is 9. The Bertz CT molecular complexity index is 1100. The van der Waals surface area contributed by atoms with Crippen LogP contribution in [0.1, 0.15) is 30.5 Å². The summed E-state index contributed by atoms with van der Waals surface area (Å²) >= 11 is 1.21. The minimum Gasteiger partial charge on any atom is -0.406 e. The quantitative estimate of drug-likeness (QED) is 0.396. The molecule has 0 radical (unpaired) electrons. The summed E-state index contributed by atoms with van der Waals surface area (Å²) in [7, 11) is 0. The first-order valence-electron chi connectivity index (χ1n) is 12.0. The molecule has 1 saturated heterocycles. The molecule has 1 aliphatic heterocycles.